The number of hydrogen-bond acceptors (Lipinski definition) is 8. The first kappa shape index (κ1) is 23.2. The Balaban J connectivity index is 1.61. The highest BCUT2D eigenvalue weighted by atomic mass is 19.1. The number of pyridine rings is 1. The summed E-state index contributed by atoms with van der Waals surface area (Å²) in [6, 6.07) is 4.74. The number of ether oxygens (including phenoxy) is 3. The van der Waals surface area contributed by atoms with Crippen LogP contribution in [0.15, 0.2) is 24.5 Å². The fourth-order valence-electron chi connectivity index (χ4n) is 4.78. The number of halogens is 1. The number of benzene rings is 1. The smallest absolute Gasteiger partial charge is 0.416 e. The van der Waals surface area contributed by atoms with Crippen molar-refractivity contribution in [2.45, 2.75) is 45.8 Å². The Bertz CT molecular complexity index is 1550. The number of carbonyl (C=O) groups is 1. The summed E-state index contributed by atoms with van der Waals surface area (Å²) in [6.07, 6.45) is 0.823. The first-order valence-electron chi connectivity index (χ1n) is 11.9. The van der Waals surface area contributed by atoms with Gasteiger partial charge in [-0.3, -0.25) is 9.30 Å². The lowest BCUT2D eigenvalue weighted by molar-refractivity contribution is 0.0574. The predicted molar refractivity (Wildman–Crippen MR) is 130 cm³/mol. The largest absolute Gasteiger partial charge is 0.493 e. The van der Waals surface area contributed by atoms with E-state index in [0.717, 1.165) is 0 Å². The molecule has 0 spiro atoms. The molecule has 0 saturated heterocycles. The minimum absolute atomic E-state index is 0.101. The Morgan fingerprint density at radius 3 is 2.59 bits per heavy atom. The molecule has 5 heterocycles. The number of carbonyl (C=O) groups excluding carboxylic acids is 1. The van der Waals surface area contributed by atoms with E-state index < -0.39 is 17.5 Å². The third-order valence-corrected chi connectivity index (χ3v) is 6.58. The highest BCUT2D eigenvalue weighted by Crippen LogP contribution is 2.43. The summed E-state index contributed by atoms with van der Waals surface area (Å²) in [7, 11) is 1.85. The van der Waals surface area contributed by atoms with Gasteiger partial charge in [0.2, 0.25) is 0 Å². The van der Waals surface area contributed by atoms with E-state index in [2.05, 4.69) is 20.4 Å². The van der Waals surface area contributed by atoms with Crippen LogP contribution in [0.1, 0.15) is 43.6 Å². The van der Waals surface area contributed by atoms with Crippen molar-refractivity contribution in [3.8, 4) is 22.9 Å². The van der Waals surface area contributed by atoms with Crippen LogP contribution >= 0.6 is 0 Å². The summed E-state index contributed by atoms with van der Waals surface area (Å²) in [5, 5.41) is 16.9. The van der Waals surface area contributed by atoms with Gasteiger partial charge in [-0.1, -0.05) is 0 Å². The molecule has 0 unspecified atom stereocenters. The molecule has 0 radical (unpaired) electrons. The molecule has 11 nitrogen and oxygen atoms in total. The summed E-state index contributed by atoms with van der Waals surface area (Å²) >= 11 is 0. The minimum Gasteiger partial charge on any atom is -0.493 e. The van der Waals surface area contributed by atoms with Gasteiger partial charge in [-0.2, -0.15) is 0 Å². The van der Waals surface area contributed by atoms with Crippen LogP contribution in [-0.4, -0.2) is 54.3 Å². The lowest BCUT2D eigenvalue weighted by Crippen LogP contribution is -2.38. The van der Waals surface area contributed by atoms with E-state index >= 15 is 4.39 Å². The molecular formula is C25H26FN7O4. The topological polar surface area (TPSA) is 109 Å². The van der Waals surface area contributed by atoms with E-state index in [4.69, 9.17) is 14.2 Å². The van der Waals surface area contributed by atoms with Crippen LogP contribution in [-0.2, 0) is 18.3 Å². The summed E-state index contributed by atoms with van der Waals surface area (Å²) in [5.74, 6) is 1.91. The van der Waals surface area contributed by atoms with Crippen molar-refractivity contribution in [2.75, 3.05) is 18.1 Å². The van der Waals surface area contributed by atoms with Crippen LogP contribution in [0.2, 0.25) is 0 Å². The maximum Gasteiger partial charge on any atom is 0.416 e. The molecule has 3 aromatic heterocycles. The highest BCUT2D eigenvalue weighted by molar-refractivity contribution is 5.91. The number of amides is 1. The van der Waals surface area contributed by atoms with Crippen molar-refractivity contribution in [1.82, 2.24) is 29.4 Å². The first-order chi connectivity index (χ1) is 17.6. The van der Waals surface area contributed by atoms with Crippen LogP contribution < -0.4 is 14.4 Å². The third-order valence-electron chi connectivity index (χ3n) is 6.58. The number of aryl methyl sites for hydroxylation is 1. The number of nitrogens with zero attached hydrogens (tertiary/aromatic N) is 7. The zero-order valence-electron chi connectivity index (χ0n) is 21.1. The number of rotatable bonds is 1. The second-order valence-corrected chi connectivity index (χ2v) is 10.2. The van der Waals surface area contributed by atoms with Crippen LogP contribution in [0.4, 0.5) is 15.0 Å². The quantitative estimate of drug-likeness (QED) is 0.383. The van der Waals surface area contributed by atoms with E-state index in [1.165, 1.54) is 17.3 Å². The van der Waals surface area contributed by atoms with Crippen molar-refractivity contribution in [1.29, 1.82) is 0 Å². The summed E-state index contributed by atoms with van der Waals surface area (Å²) in [6.45, 7) is 7.63. The summed E-state index contributed by atoms with van der Waals surface area (Å²) < 4.78 is 36.7. The molecule has 0 aliphatic carbocycles. The summed E-state index contributed by atoms with van der Waals surface area (Å²) in [5.41, 5.74) is 1.32. The Morgan fingerprint density at radius 1 is 1.14 bits per heavy atom. The Morgan fingerprint density at radius 2 is 1.89 bits per heavy atom. The lowest BCUT2D eigenvalue weighted by atomic mass is 9.95. The van der Waals surface area contributed by atoms with Crippen LogP contribution in [0.25, 0.3) is 17.0 Å². The Labute approximate surface area is 211 Å². The average Bonchev–Trinajstić information content (AvgIpc) is 3.55. The number of fused-ring (bicyclic) bond motifs is 3. The molecule has 6 rings (SSSR count). The maximum atomic E-state index is 15.3. The molecule has 0 fully saturated rings. The van der Waals surface area contributed by atoms with Crippen molar-refractivity contribution in [3.05, 3.63) is 47.3 Å². The van der Waals surface area contributed by atoms with Gasteiger partial charge in [0, 0.05) is 18.2 Å². The lowest BCUT2D eigenvalue weighted by Gasteiger charge is -2.29. The van der Waals surface area contributed by atoms with Gasteiger partial charge in [-0.25, -0.2) is 9.18 Å². The van der Waals surface area contributed by atoms with Crippen molar-refractivity contribution in [2.24, 2.45) is 7.05 Å². The van der Waals surface area contributed by atoms with Gasteiger partial charge in [-0.15, -0.1) is 20.4 Å². The van der Waals surface area contributed by atoms with Gasteiger partial charge in [0.05, 0.1) is 31.2 Å². The molecule has 1 amide bonds. The van der Waals surface area contributed by atoms with E-state index in [0.29, 0.717) is 57.9 Å². The van der Waals surface area contributed by atoms with E-state index in [9.17, 15) is 4.79 Å². The average molecular weight is 508 g/mol. The molecule has 0 bridgehead atoms. The first-order valence-corrected chi connectivity index (χ1v) is 11.9. The summed E-state index contributed by atoms with van der Waals surface area (Å²) in [4.78, 5) is 15.0. The van der Waals surface area contributed by atoms with Crippen LogP contribution in [0.5, 0.6) is 11.5 Å². The fourth-order valence-corrected chi connectivity index (χ4v) is 4.78. The third kappa shape index (κ3) is 3.74. The standard InChI is InChI=1S/C25H26FN7O4/c1-13-28-30-21(31(13)5)15-8-19-23(33-12-27-29-22(15)33)32(24(34)37-25(2,3)4)9-16-17(26)6-7-18-20(16)14(10-35-18)11-36-19/h6-8,12,14H,9-11H2,1-5H3/t14-/m1/s1. The zero-order chi connectivity index (χ0) is 26.1. The number of aromatic nitrogens is 6. The van der Waals surface area contributed by atoms with E-state index in [-0.39, 0.29) is 19.1 Å². The minimum atomic E-state index is -0.790. The van der Waals surface area contributed by atoms with Gasteiger partial charge in [0.1, 0.15) is 29.3 Å². The van der Waals surface area contributed by atoms with Crippen molar-refractivity contribution < 1.29 is 23.4 Å². The van der Waals surface area contributed by atoms with E-state index in [1.807, 2.05) is 18.5 Å². The zero-order valence-corrected chi connectivity index (χ0v) is 21.1. The normalized spacial score (nSPS) is 16.8. The van der Waals surface area contributed by atoms with E-state index in [1.54, 1.807) is 37.3 Å². The van der Waals surface area contributed by atoms with Gasteiger partial charge in [-0.05, 0) is 45.9 Å². The molecule has 2 aliphatic heterocycles. The highest BCUT2D eigenvalue weighted by Gasteiger charge is 2.37. The Kier molecular flexibility index (Phi) is 5.11. The van der Waals surface area contributed by atoms with Gasteiger partial charge >= 0.3 is 6.09 Å². The number of anilines is 1. The maximum absolute atomic E-state index is 15.3. The molecular weight excluding hydrogens is 481 g/mol. The second-order valence-electron chi connectivity index (χ2n) is 10.2. The molecule has 0 saturated carbocycles. The van der Waals surface area contributed by atoms with Gasteiger partial charge < -0.3 is 18.8 Å². The van der Waals surface area contributed by atoms with Gasteiger partial charge in [0.15, 0.2) is 23.0 Å². The van der Waals surface area contributed by atoms with Crippen LogP contribution in [0.3, 0.4) is 0 Å². The molecule has 1 atom stereocenters. The molecule has 37 heavy (non-hydrogen) atoms. The predicted octanol–water partition coefficient (Wildman–Crippen LogP) is 3.78. The molecule has 2 aliphatic rings. The molecule has 192 valence electrons. The molecule has 12 heteroatoms. The van der Waals surface area contributed by atoms with Gasteiger partial charge in [0.25, 0.3) is 0 Å². The molecule has 4 aromatic rings. The second kappa shape index (κ2) is 8.15. The number of hydrogen-bond donors (Lipinski definition) is 0. The SMILES string of the molecule is Cc1nnc(-c2cc3c(n4cnnc24)N(C(=O)OC(C)(C)C)Cc2c(F)ccc4c2[C@H](CO4)CO3)n1C. The monoisotopic (exact) mass is 507 g/mol. The Hall–Kier alpha value is -4.22. The molecule has 1 aromatic carbocycles. The molecule has 0 N–H and O–H groups in total. The fraction of sp³-hybridized carbons (Fsp3) is 0.400. The van der Waals surface area contributed by atoms with Crippen LogP contribution in [0, 0.1) is 12.7 Å². The van der Waals surface area contributed by atoms with Crippen molar-refractivity contribution in [3.63, 3.8) is 0 Å². The van der Waals surface area contributed by atoms with Crippen molar-refractivity contribution >= 4 is 17.6 Å².